The molecule has 1 aromatic carbocycles. The third-order valence-corrected chi connectivity index (χ3v) is 9.53. The van der Waals surface area contributed by atoms with Crippen LogP contribution in [0.5, 0.6) is 5.75 Å². The standard InChI is InChI=1S/C19H27N8O13P3/c20-5-15(26-25-12-3-1-2-4-13(12)28)38-17-11(6-27-10-24-16-18(21)22-9-23-19(16)27)7-36-14(17)8-37-42(32,33)40-43(34,35)39-41(29,30)31/h1-4,9-11,14-15,17,28H,5-8,20H2,(H,32,33)(H,34,35)(H2,21,22,23)(H2,29,30,31)/t11?,14-,15?,17?/m1/s1. The first kappa shape index (κ1) is 33.2. The Bertz CT molecular complexity index is 1600. The molecule has 0 amide bonds. The number of nitrogen functional groups attached to an aromatic ring is 1. The lowest BCUT2D eigenvalue weighted by molar-refractivity contribution is -0.0715. The van der Waals surface area contributed by atoms with Gasteiger partial charge in [0.15, 0.2) is 17.7 Å². The molecular weight excluding hydrogens is 641 g/mol. The molecule has 0 radical (unpaired) electrons. The lowest BCUT2D eigenvalue weighted by atomic mass is 10.0. The van der Waals surface area contributed by atoms with Crippen LogP contribution in [0.4, 0.5) is 11.5 Å². The summed E-state index contributed by atoms with van der Waals surface area (Å²) < 4.78 is 60.5. The van der Waals surface area contributed by atoms with E-state index >= 15 is 0 Å². The topological polar surface area (TPSA) is 319 Å². The molecule has 2 aromatic heterocycles. The van der Waals surface area contributed by atoms with Gasteiger partial charge in [-0.3, -0.25) is 4.52 Å². The minimum absolute atomic E-state index is 0.0107. The zero-order valence-corrected chi connectivity index (χ0v) is 24.5. The van der Waals surface area contributed by atoms with Gasteiger partial charge in [-0.1, -0.05) is 12.1 Å². The Kier molecular flexibility index (Phi) is 10.4. The molecule has 5 unspecified atom stereocenters. The van der Waals surface area contributed by atoms with Gasteiger partial charge in [-0.05, 0) is 12.1 Å². The van der Waals surface area contributed by atoms with Crippen molar-refractivity contribution in [3.63, 3.8) is 0 Å². The number of hydrogen-bond acceptors (Lipinski definition) is 16. The molecule has 21 nitrogen and oxygen atoms in total. The highest BCUT2D eigenvalue weighted by molar-refractivity contribution is 7.66. The second-order valence-corrected chi connectivity index (χ2v) is 13.3. The van der Waals surface area contributed by atoms with Gasteiger partial charge in [0.05, 0.1) is 25.6 Å². The molecule has 24 heteroatoms. The predicted octanol–water partition coefficient (Wildman–Crippen LogP) is 0.926. The maximum Gasteiger partial charge on any atom is 0.490 e. The normalized spacial score (nSPS) is 23.0. The van der Waals surface area contributed by atoms with Gasteiger partial charge < -0.3 is 50.2 Å². The molecule has 1 aliphatic rings. The number of phenols is 1. The summed E-state index contributed by atoms with van der Waals surface area (Å²) in [6, 6.07) is 6.11. The molecule has 3 heterocycles. The Morgan fingerprint density at radius 1 is 1.09 bits per heavy atom. The number of nitrogens with zero attached hydrogens (tertiary/aromatic N) is 6. The van der Waals surface area contributed by atoms with E-state index in [-0.39, 0.29) is 37.0 Å². The number of phosphoric acid groups is 3. The van der Waals surface area contributed by atoms with Gasteiger partial charge >= 0.3 is 23.5 Å². The lowest BCUT2D eigenvalue weighted by Crippen LogP contribution is -2.39. The lowest BCUT2D eigenvalue weighted by Gasteiger charge is -2.26. The number of anilines is 1. The third-order valence-electron chi connectivity index (χ3n) is 5.73. The van der Waals surface area contributed by atoms with Crippen LogP contribution in [-0.4, -0.2) is 82.4 Å². The first-order valence-corrected chi connectivity index (χ1v) is 16.5. The summed E-state index contributed by atoms with van der Waals surface area (Å²) in [6.07, 6.45) is -0.519. The van der Waals surface area contributed by atoms with Crippen LogP contribution in [0.25, 0.3) is 11.2 Å². The van der Waals surface area contributed by atoms with Crippen molar-refractivity contribution in [1.82, 2.24) is 19.5 Å². The Morgan fingerprint density at radius 3 is 2.53 bits per heavy atom. The van der Waals surface area contributed by atoms with Crippen molar-refractivity contribution in [1.29, 1.82) is 0 Å². The number of ether oxygens (including phenoxy) is 2. The highest BCUT2D eigenvalue weighted by Crippen LogP contribution is 2.66. The quantitative estimate of drug-likeness (QED) is 0.0927. The number of aromatic nitrogens is 4. The Balaban J connectivity index is 1.53. The van der Waals surface area contributed by atoms with Crippen molar-refractivity contribution in [2.24, 2.45) is 21.9 Å². The van der Waals surface area contributed by atoms with E-state index in [1.165, 1.54) is 24.8 Å². The van der Waals surface area contributed by atoms with Crippen molar-refractivity contribution >= 4 is 46.1 Å². The number of fused-ring (bicyclic) bond motifs is 1. The van der Waals surface area contributed by atoms with Gasteiger partial charge in [-0.25, -0.2) is 28.6 Å². The second-order valence-electron chi connectivity index (χ2n) is 8.84. The van der Waals surface area contributed by atoms with Crippen molar-refractivity contribution in [2.75, 3.05) is 25.5 Å². The molecule has 0 aliphatic carbocycles. The first-order chi connectivity index (χ1) is 20.2. The summed E-state index contributed by atoms with van der Waals surface area (Å²) in [5, 5.41) is 18.0. The molecule has 6 atom stereocenters. The van der Waals surface area contributed by atoms with Crippen LogP contribution in [0.3, 0.4) is 0 Å². The second kappa shape index (κ2) is 13.5. The summed E-state index contributed by atoms with van der Waals surface area (Å²) in [5.41, 5.74) is 12.6. The number of aromatic hydroxyl groups is 1. The molecule has 1 saturated heterocycles. The fourth-order valence-corrected chi connectivity index (χ4v) is 7.01. The van der Waals surface area contributed by atoms with Crippen LogP contribution in [0.2, 0.25) is 0 Å². The first-order valence-electron chi connectivity index (χ1n) is 12.0. The smallest absolute Gasteiger partial charge is 0.490 e. The van der Waals surface area contributed by atoms with Crippen molar-refractivity contribution < 1.29 is 61.0 Å². The summed E-state index contributed by atoms with van der Waals surface area (Å²) >= 11 is 0. The van der Waals surface area contributed by atoms with Gasteiger partial charge in [0.25, 0.3) is 0 Å². The van der Waals surface area contributed by atoms with Crippen LogP contribution in [0.15, 0.2) is 47.1 Å². The van der Waals surface area contributed by atoms with Crippen LogP contribution >= 0.6 is 23.5 Å². The molecule has 0 saturated carbocycles. The monoisotopic (exact) mass is 668 g/mol. The van der Waals surface area contributed by atoms with E-state index in [1.54, 1.807) is 16.7 Å². The highest BCUT2D eigenvalue weighted by atomic mass is 31.3. The minimum atomic E-state index is -5.73. The van der Waals surface area contributed by atoms with E-state index < -0.39 is 54.4 Å². The molecule has 1 fully saturated rings. The number of nitrogens with two attached hydrogens (primary N) is 2. The minimum Gasteiger partial charge on any atom is -0.506 e. The maximum absolute atomic E-state index is 12.3. The molecule has 236 valence electrons. The summed E-state index contributed by atoms with van der Waals surface area (Å²) in [4.78, 5) is 49.0. The number of phosphoric ester groups is 1. The zero-order valence-electron chi connectivity index (χ0n) is 21.8. The number of para-hydroxylation sites is 1. The summed E-state index contributed by atoms with van der Waals surface area (Å²) in [5.74, 6) is -0.524. The van der Waals surface area contributed by atoms with E-state index in [1.807, 2.05) is 0 Å². The van der Waals surface area contributed by atoms with Crippen LogP contribution < -0.4 is 11.5 Å². The Hall–Kier alpha value is -2.74. The van der Waals surface area contributed by atoms with Gasteiger partial charge in [-0.2, -0.15) is 13.7 Å². The summed E-state index contributed by atoms with van der Waals surface area (Å²) in [7, 11) is -16.8. The number of hydrogen-bond donors (Lipinski definition) is 7. The fourth-order valence-electron chi connectivity index (χ4n) is 3.98. The third kappa shape index (κ3) is 9.13. The van der Waals surface area contributed by atoms with E-state index in [0.29, 0.717) is 11.2 Å². The number of phenolic OH excluding ortho intramolecular Hbond substituents is 1. The van der Waals surface area contributed by atoms with Gasteiger partial charge in [-0.15, -0.1) is 5.11 Å². The van der Waals surface area contributed by atoms with Gasteiger partial charge in [0.1, 0.15) is 29.4 Å². The Morgan fingerprint density at radius 2 is 1.84 bits per heavy atom. The molecule has 0 bridgehead atoms. The van der Waals surface area contributed by atoms with Crippen LogP contribution in [-0.2, 0) is 42.9 Å². The van der Waals surface area contributed by atoms with E-state index in [0.717, 1.165) is 0 Å². The average molecular weight is 668 g/mol. The number of azo groups is 1. The van der Waals surface area contributed by atoms with E-state index in [4.69, 9.17) is 35.3 Å². The maximum atomic E-state index is 12.3. The molecule has 9 N–H and O–H groups in total. The number of benzene rings is 1. The highest BCUT2D eigenvalue weighted by Gasteiger charge is 2.44. The largest absolute Gasteiger partial charge is 0.506 e. The zero-order chi connectivity index (χ0) is 31.4. The average Bonchev–Trinajstić information content (AvgIpc) is 3.48. The van der Waals surface area contributed by atoms with Crippen LogP contribution in [0, 0.1) is 5.92 Å². The van der Waals surface area contributed by atoms with E-state index in [9.17, 15) is 28.6 Å². The SMILES string of the molecule is NCC(N=Nc1ccccc1O)OC1C(Cn2cnc3c(N)ncnc32)CO[C@@H]1COP(=O)(O)OP(=O)(O)OP(=O)(O)O. The molecule has 0 spiro atoms. The fraction of sp³-hybridized carbons (Fsp3) is 0.421. The van der Waals surface area contributed by atoms with Gasteiger partial charge in [0.2, 0.25) is 0 Å². The van der Waals surface area contributed by atoms with Gasteiger partial charge in [0, 0.05) is 19.0 Å². The molecule has 1 aliphatic heterocycles. The van der Waals surface area contributed by atoms with Crippen LogP contribution in [0.1, 0.15) is 0 Å². The Labute approximate surface area is 241 Å². The van der Waals surface area contributed by atoms with Crippen molar-refractivity contribution in [2.45, 2.75) is 25.0 Å². The van der Waals surface area contributed by atoms with E-state index in [2.05, 4.69) is 33.8 Å². The molecule has 3 aromatic rings. The molecular formula is C19H27N8O13P3. The van der Waals surface area contributed by atoms with Crippen molar-refractivity contribution in [3.05, 3.63) is 36.9 Å². The molecule has 4 rings (SSSR count). The van der Waals surface area contributed by atoms with Crippen molar-refractivity contribution in [3.8, 4) is 5.75 Å². The predicted molar refractivity (Wildman–Crippen MR) is 143 cm³/mol. The molecule has 43 heavy (non-hydrogen) atoms. The number of rotatable bonds is 14. The number of imidazole rings is 1. The summed E-state index contributed by atoms with van der Waals surface area (Å²) in [6.45, 7) is -0.820.